The Hall–Kier alpha value is -2.44. The molecule has 7 heteroatoms. The van der Waals surface area contributed by atoms with Crippen LogP contribution in [0, 0.1) is 11.6 Å². The molecule has 1 aliphatic heterocycles. The lowest BCUT2D eigenvalue weighted by Gasteiger charge is -2.31. The van der Waals surface area contributed by atoms with Crippen molar-refractivity contribution in [3.63, 3.8) is 0 Å². The normalized spacial score (nSPS) is 15.6. The van der Waals surface area contributed by atoms with Crippen LogP contribution in [0.15, 0.2) is 36.4 Å². The predicted molar refractivity (Wildman–Crippen MR) is 103 cm³/mol. The minimum absolute atomic E-state index is 0.00364. The van der Waals surface area contributed by atoms with Crippen molar-refractivity contribution in [3.8, 4) is 22.4 Å². The lowest BCUT2D eigenvalue weighted by molar-refractivity contribution is 0.318. The first-order valence-electron chi connectivity index (χ1n) is 8.65. The van der Waals surface area contributed by atoms with Gasteiger partial charge in [0.1, 0.15) is 29.0 Å². The molecule has 1 aliphatic rings. The highest BCUT2D eigenvalue weighted by Crippen LogP contribution is 2.35. The van der Waals surface area contributed by atoms with E-state index in [9.17, 15) is 8.78 Å². The Morgan fingerprint density at radius 1 is 1.11 bits per heavy atom. The van der Waals surface area contributed by atoms with Gasteiger partial charge in [-0.1, -0.05) is 17.7 Å². The largest absolute Gasteiger partial charge is 0.383 e. The number of hydrogen-bond donors (Lipinski definition) is 2. The second-order valence-electron chi connectivity index (χ2n) is 7.20. The molecule has 2 heterocycles. The molecule has 0 saturated heterocycles. The number of aromatic nitrogens is 2. The van der Waals surface area contributed by atoms with Crippen molar-refractivity contribution >= 4 is 17.4 Å². The summed E-state index contributed by atoms with van der Waals surface area (Å²) in [5, 5.41) is 3.41. The molecule has 2 aromatic carbocycles. The van der Waals surface area contributed by atoms with Gasteiger partial charge in [-0.05, 0) is 49.7 Å². The number of halogens is 3. The third kappa shape index (κ3) is 2.99. The van der Waals surface area contributed by atoms with Gasteiger partial charge in [0.2, 0.25) is 0 Å². The maximum absolute atomic E-state index is 14.4. The van der Waals surface area contributed by atoms with Gasteiger partial charge in [-0.2, -0.15) is 0 Å². The van der Waals surface area contributed by atoms with E-state index >= 15 is 0 Å². The van der Waals surface area contributed by atoms with Crippen molar-refractivity contribution in [2.75, 3.05) is 12.3 Å². The molecule has 27 heavy (non-hydrogen) atoms. The number of nitrogen functional groups attached to an aromatic ring is 1. The summed E-state index contributed by atoms with van der Waals surface area (Å²) in [5.41, 5.74) is 7.98. The van der Waals surface area contributed by atoms with Crippen LogP contribution in [0.1, 0.15) is 19.7 Å². The number of nitrogens with zero attached hydrogens (tertiary/aromatic N) is 2. The smallest absolute Gasteiger partial charge is 0.142 e. The molecule has 0 aliphatic carbocycles. The van der Waals surface area contributed by atoms with Crippen LogP contribution in [0.5, 0.6) is 0 Å². The molecular weight excluding hydrogens is 370 g/mol. The topological polar surface area (TPSA) is 55.9 Å². The van der Waals surface area contributed by atoms with Crippen LogP contribution < -0.4 is 11.1 Å². The highest BCUT2D eigenvalue weighted by molar-refractivity contribution is 6.30. The fourth-order valence-electron chi connectivity index (χ4n) is 3.50. The van der Waals surface area contributed by atoms with Crippen molar-refractivity contribution in [2.24, 2.45) is 0 Å². The molecule has 3 N–H and O–H groups in total. The van der Waals surface area contributed by atoms with Crippen molar-refractivity contribution in [1.29, 1.82) is 0 Å². The van der Waals surface area contributed by atoms with Crippen LogP contribution in [0.2, 0.25) is 5.02 Å². The number of anilines is 1. The van der Waals surface area contributed by atoms with Gasteiger partial charge < -0.3 is 15.6 Å². The molecule has 0 fully saturated rings. The van der Waals surface area contributed by atoms with Crippen LogP contribution in [0.4, 0.5) is 14.6 Å². The molecule has 0 amide bonds. The number of nitrogens with two attached hydrogens (primary N) is 1. The zero-order valence-corrected chi connectivity index (χ0v) is 15.7. The van der Waals surface area contributed by atoms with Crippen LogP contribution in [0.3, 0.4) is 0 Å². The fourth-order valence-corrected chi connectivity index (χ4v) is 3.62. The molecule has 3 aromatic rings. The Bertz CT molecular complexity index is 1040. The van der Waals surface area contributed by atoms with Crippen LogP contribution >= 0.6 is 11.6 Å². The molecule has 0 radical (unpaired) electrons. The molecule has 0 atom stereocenters. The van der Waals surface area contributed by atoms with Crippen molar-refractivity contribution in [2.45, 2.75) is 25.9 Å². The van der Waals surface area contributed by atoms with E-state index in [-0.39, 0.29) is 16.1 Å². The summed E-state index contributed by atoms with van der Waals surface area (Å²) in [6, 6.07) is 8.84. The number of benzene rings is 2. The van der Waals surface area contributed by atoms with E-state index in [1.807, 2.05) is 18.4 Å². The molecule has 140 valence electrons. The Kier molecular flexibility index (Phi) is 4.20. The van der Waals surface area contributed by atoms with E-state index in [1.165, 1.54) is 18.2 Å². The van der Waals surface area contributed by atoms with E-state index in [4.69, 9.17) is 22.3 Å². The second-order valence-corrected chi connectivity index (χ2v) is 7.60. The third-order valence-electron chi connectivity index (χ3n) is 4.94. The van der Waals surface area contributed by atoms with Crippen LogP contribution in [-0.4, -0.2) is 16.1 Å². The summed E-state index contributed by atoms with van der Waals surface area (Å²) in [4.78, 5) is 4.73. The molecule has 0 spiro atoms. The van der Waals surface area contributed by atoms with E-state index in [0.717, 1.165) is 12.4 Å². The van der Waals surface area contributed by atoms with E-state index in [2.05, 4.69) is 5.32 Å². The van der Waals surface area contributed by atoms with Gasteiger partial charge in [0.25, 0.3) is 0 Å². The Morgan fingerprint density at radius 2 is 1.85 bits per heavy atom. The minimum atomic E-state index is -0.594. The molecule has 0 unspecified atom stereocenters. The highest BCUT2D eigenvalue weighted by atomic mass is 35.5. The maximum Gasteiger partial charge on any atom is 0.142 e. The number of imidazole rings is 1. The summed E-state index contributed by atoms with van der Waals surface area (Å²) >= 11 is 5.74. The molecule has 4 rings (SSSR count). The van der Waals surface area contributed by atoms with Crippen LogP contribution in [-0.2, 0) is 12.1 Å². The Balaban J connectivity index is 1.85. The number of rotatable bonds is 2. The van der Waals surface area contributed by atoms with Crippen molar-refractivity contribution < 1.29 is 8.78 Å². The van der Waals surface area contributed by atoms with Crippen molar-refractivity contribution in [1.82, 2.24) is 14.9 Å². The predicted octanol–water partition coefficient (Wildman–Crippen LogP) is 4.57. The monoisotopic (exact) mass is 388 g/mol. The standard InChI is InChI=1S/C20H19ClF2N4/c1-20(2)19-26-17(18(24)27(19)8-7-25-20)12-4-6-15(22)13(9-12)11-3-5-14(21)16(23)10-11/h3-6,9-10,25H,7-8,24H2,1-2H3. The van der Waals surface area contributed by atoms with E-state index in [0.29, 0.717) is 29.2 Å². The van der Waals surface area contributed by atoms with Crippen molar-refractivity contribution in [3.05, 3.63) is 58.9 Å². The van der Waals surface area contributed by atoms with Crippen LogP contribution in [0.25, 0.3) is 22.4 Å². The number of hydrogen-bond acceptors (Lipinski definition) is 3. The Morgan fingerprint density at radius 3 is 2.56 bits per heavy atom. The van der Waals surface area contributed by atoms with Gasteiger partial charge in [0, 0.05) is 24.2 Å². The quantitative estimate of drug-likeness (QED) is 0.676. The molecule has 0 bridgehead atoms. The van der Waals surface area contributed by atoms with Gasteiger partial charge in [-0.25, -0.2) is 13.8 Å². The average molecular weight is 389 g/mol. The first kappa shape index (κ1) is 17.9. The third-order valence-corrected chi connectivity index (χ3v) is 5.25. The van der Waals surface area contributed by atoms with E-state index in [1.54, 1.807) is 18.2 Å². The van der Waals surface area contributed by atoms with Gasteiger partial charge in [0.15, 0.2) is 0 Å². The lowest BCUT2D eigenvalue weighted by atomic mass is 10.0. The SMILES string of the molecule is CC1(C)NCCn2c1nc(-c1ccc(F)c(-c3ccc(Cl)c(F)c3)c1)c2N. The maximum atomic E-state index is 14.4. The summed E-state index contributed by atoms with van der Waals surface area (Å²) in [5.74, 6) is 0.331. The molecule has 4 nitrogen and oxygen atoms in total. The second kappa shape index (κ2) is 6.32. The molecular formula is C20H19ClF2N4. The first-order chi connectivity index (χ1) is 12.8. The van der Waals surface area contributed by atoms with Gasteiger partial charge in [0.05, 0.1) is 10.6 Å². The molecule has 1 aromatic heterocycles. The lowest BCUT2D eigenvalue weighted by Crippen LogP contribution is -2.45. The Labute approximate surface area is 161 Å². The summed E-state index contributed by atoms with van der Waals surface area (Å²) in [7, 11) is 0. The summed E-state index contributed by atoms with van der Waals surface area (Å²) < 4.78 is 30.2. The zero-order valence-electron chi connectivity index (χ0n) is 15.0. The fraction of sp³-hybridized carbons (Fsp3) is 0.250. The van der Waals surface area contributed by atoms with Gasteiger partial charge >= 0.3 is 0 Å². The number of nitrogens with one attached hydrogen (secondary N) is 1. The van der Waals surface area contributed by atoms with Gasteiger partial charge in [-0.15, -0.1) is 0 Å². The van der Waals surface area contributed by atoms with E-state index < -0.39 is 11.6 Å². The first-order valence-corrected chi connectivity index (χ1v) is 9.02. The zero-order chi connectivity index (χ0) is 19.3. The highest BCUT2D eigenvalue weighted by Gasteiger charge is 2.32. The minimum Gasteiger partial charge on any atom is -0.383 e. The summed E-state index contributed by atoms with van der Waals surface area (Å²) in [6.07, 6.45) is 0. The molecule has 0 saturated carbocycles. The summed E-state index contributed by atoms with van der Waals surface area (Å²) in [6.45, 7) is 5.59. The average Bonchev–Trinajstić information content (AvgIpc) is 2.96. The van der Waals surface area contributed by atoms with Gasteiger partial charge in [-0.3, -0.25) is 0 Å². The number of fused-ring (bicyclic) bond motifs is 1.